The lowest BCUT2D eigenvalue weighted by Gasteiger charge is -2.31. The zero-order valence-corrected chi connectivity index (χ0v) is 19.3. The molecule has 5 rings (SSSR count). The number of carbonyl (C=O) groups excluding carboxylic acids is 1. The van der Waals surface area contributed by atoms with Gasteiger partial charge in [0, 0.05) is 38.6 Å². The second-order valence-electron chi connectivity index (χ2n) is 8.84. The molecule has 4 heterocycles. The fourth-order valence-electron chi connectivity index (χ4n) is 4.18. The minimum atomic E-state index is -1.39. The Hall–Kier alpha value is -2.86. The minimum absolute atomic E-state index is 0.275. The molecule has 1 fully saturated rings. The van der Waals surface area contributed by atoms with E-state index < -0.39 is 16.6 Å². The first kappa shape index (κ1) is 22.0. The molecule has 11 heteroatoms. The molecule has 0 aliphatic carbocycles. The van der Waals surface area contributed by atoms with Gasteiger partial charge in [-0.3, -0.25) is 4.79 Å². The SMILES string of the molecule is CC(C)(O)CN1Cc2cc(NC(=O)c3cnn4cccnc34)c(N3CCOCC3)cc2S1=O. The molecular weight excluding hydrogens is 444 g/mol. The van der Waals surface area contributed by atoms with Crippen LogP contribution in [-0.4, -0.2) is 72.6 Å². The molecule has 0 bridgehead atoms. The molecule has 0 radical (unpaired) electrons. The summed E-state index contributed by atoms with van der Waals surface area (Å²) in [6.07, 6.45) is 4.86. The summed E-state index contributed by atoms with van der Waals surface area (Å²) in [7, 11) is -1.39. The number of aromatic nitrogens is 3. The standard InChI is InChI=1S/C22H26N6O4S/c1-22(2,30)14-27-13-15-10-17(18(11-19(15)33(27)31)26-6-8-32-9-7-26)25-21(29)16-12-24-28-5-3-4-23-20(16)28/h3-5,10-12,30H,6-9,13-14H2,1-2H3,(H,25,29). The highest BCUT2D eigenvalue weighted by molar-refractivity contribution is 7.83. The summed E-state index contributed by atoms with van der Waals surface area (Å²) in [6, 6.07) is 5.53. The highest BCUT2D eigenvalue weighted by Crippen LogP contribution is 2.37. The van der Waals surface area contributed by atoms with Gasteiger partial charge in [0.15, 0.2) is 5.65 Å². The first-order valence-electron chi connectivity index (χ1n) is 10.8. The van der Waals surface area contributed by atoms with Crippen molar-refractivity contribution in [1.29, 1.82) is 0 Å². The number of ether oxygens (including phenoxy) is 1. The molecule has 2 aliphatic rings. The van der Waals surface area contributed by atoms with Crippen molar-refractivity contribution in [2.75, 3.05) is 43.1 Å². The van der Waals surface area contributed by atoms with E-state index in [9.17, 15) is 14.1 Å². The number of nitrogens with one attached hydrogen (secondary N) is 1. The van der Waals surface area contributed by atoms with Crippen LogP contribution in [0, 0.1) is 0 Å². The zero-order chi connectivity index (χ0) is 23.2. The highest BCUT2D eigenvalue weighted by atomic mass is 32.2. The monoisotopic (exact) mass is 470 g/mol. The van der Waals surface area contributed by atoms with Gasteiger partial charge in [-0.15, -0.1) is 0 Å². The van der Waals surface area contributed by atoms with Crippen molar-refractivity contribution in [3.63, 3.8) is 0 Å². The van der Waals surface area contributed by atoms with Crippen LogP contribution in [0.1, 0.15) is 29.8 Å². The van der Waals surface area contributed by atoms with E-state index in [1.54, 1.807) is 41.1 Å². The number of β-amino-alcohol motifs (C(OH)–C–C–N with tert-alkyl or cyclic N) is 1. The summed E-state index contributed by atoms with van der Waals surface area (Å²) in [5.74, 6) is -0.314. The van der Waals surface area contributed by atoms with Gasteiger partial charge in [-0.1, -0.05) is 0 Å². The van der Waals surface area contributed by atoms with E-state index in [2.05, 4.69) is 20.3 Å². The van der Waals surface area contributed by atoms with Crippen LogP contribution >= 0.6 is 0 Å². The normalized spacial score (nSPS) is 19.1. The molecule has 1 saturated heterocycles. The summed E-state index contributed by atoms with van der Waals surface area (Å²) in [5, 5.41) is 17.5. The summed E-state index contributed by atoms with van der Waals surface area (Å²) < 4.78 is 21.9. The molecule has 10 nitrogen and oxygen atoms in total. The van der Waals surface area contributed by atoms with Crippen molar-refractivity contribution in [1.82, 2.24) is 18.9 Å². The fraction of sp³-hybridized carbons (Fsp3) is 0.409. The number of benzene rings is 1. The number of nitrogens with zero attached hydrogens (tertiary/aromatic N) is 5. The van der Waals surface area contributed by atoms with Gasteiger partial charge >= 0.3 is 0 Å². The van der Waals surface area contributed by atoms with Crippen LogP contribution in [0.15, 0.2) is 41.7 Å². The second kappa shape index (κ2) is 8.49. The summed E-state index contributed by atoms with van der Waals surface area (Å²) in [5.41, 5.74) is 2.17. The van der Waals surface area contributed by atoms with Crippen molar-refractivity contribution in [3.05, 3.63) is 47.9 Å². The Labute approximate surface area is 193 Å². The maximum Gasteiger partial charge on any atom is 0.261 e. The van der Waals surface area contributed by atoms with E-state index >= 15 is 0 Å². The molecule has 33 heavy (non-hydrogen) atoms. The van der Waals surface area contributed by atoms with Crippen LogP contribution in [0.25, 0.3) is 5.65 Å². The average molecular weight is 471 g/mol. The third-order valence-corrected chi connectivity index (χ3v) is 7.12. The Balaban J connectivity index is 1.50. The van der Waals surface area contributed by atoms with Gasteiger partial charge in [0.25, 0.3) is 5.91 Å². The van der Waals surface area contributed by atoms with Crippen LogP contribution in [-0.2, 0) is 22.3 Å². The Bertz CT molecular complexity index is 1230. The van der Waals surface area contributed by atoms with Crippen molar-refractivity contribution in [3.8, 4) is 0 Å². The quantitative estimate of drug-likeness (QED) is 0.580. The molecule has 2 N–H and O–H groups in total. The predicted octanol–water partition coefficient (Wildman–Crippen LogP) is 1.43. The Kier molecular flexibility index (Phi) is 5.65. The van der Waals surface area contributed by atoms with Crippen LogP contribution in [0.3, 0.4) is 0 Å². The zero-order valence-electron chi connectivity index (χ0n) is 18.5. The number of aliphatic hydroxyl groups is 1. The summed E-state index contributed by atoms with van der Waals surface area (Å²) in [4.78, 5) is 20.3. The largest absolute Gasteiger partial charge is 0.389 e. The van der Waals surface area contributed by atoms with E-state index in [1.165, 1.54) is 6.20 Å². The number of fused-ring (bicyclic) bond motifs is 2. The number of morpholine rings is 1. The van der Waals surface area contributed by atoms with Crippen molar-refractivity contribution < 1.29 is 18.8 Å². The third kappa shape index (κ3) is 4.36. The molecule has 2 aliphatic heterocycles. The van der Waals surface area contributed by atoms with Crippen molar-refractivity contribution in [2.24, 2.45) is 0 Å². The Morgan fingerprint density at radius 1 is 1.30 bits per heavy atom. The maximum absolute atomic E-state index is 13.2. The smallest absolute Gasteiger partial charge is 0.261 e. The third-order valence-electron chi connectivity index (χ3n) is 5.64. The van der Waals surface area contributed by atoms with Crippen molar-refractivity contribution >= 4 is 33.9 Å². The molecule has 0 spiro atoms. The molecule has 2 aromatic heterocycles. The van der Waals surface area contributed by atoms with Gasteiger partial charge in [0.05, 0.1) is 41.3 Å². The number of rotatable bonds is 5. The molecule has 0 saturated carbocycles. The van der Waals surface area contributed by atoms with Crippen LogP contribution in [0.2, 0.25) is 0 Å². The number of hydrogen-bond donors (Lipinski definition) is 2. The number of hydrogen-bond acceptors (Lipinski definition) is 7. The topological polar surface area (TPSA) is 112 Å². The lowest BCUT2D eigenvalue weighted by molar-refractivity contribution is 0.0601. The summed E-state index contributed by atoms with van der Waals surface area (Å²) >= 11 is 0. The predicted molar refractivity (Wildman–Crippen MR) is 124 cm³/mol. The first-order chi connectivity index (χ1) is 15.8. The number of carbonyl (C=O) groups is 1. The molecule has 1 atom stereocenters. The van der Waals surface area contributed by atoms with Crippen LogP contribution < -0.4 is 10.2 Å². The van der Waals surface area contributed by atoms with Crippen LogP contribution in [0.5, 0.6) is 0 Å². The molecule has 1 aromatic carbocycles. The van der Waals surface area contributed by atoms with E-state index in [-0.39, 0.29) is 12.5 Å². The maximum atomic E-state index is 13.2. The molecule has 1 amide bonds. The van der Waals surface area contributed by atoms with Gasteiger partial charge < -0.3 is 20.1 Å². The highest BCUT2D eigenvalue weighted by Gasteiger charge is 2.33. The number of anilines is 2. The Morgan fingerprint density at radius 3 is 2.85 bits per heavy atom. The minimum Gasteiger partial charge on any atom is -0.389 e. The lowest BCUT2D eigenvalue weighted by atomic mass is 10.1. The van der Waals surface area contributed by atoms with Crippen LogP contribution in [0.4, 0.5) is 11.4 Å². The fourth-order valence-corrected chi connectivity index (χ4v) is 5.70. The van der Waals surface area contributed by atoms with E-state index in [0.717, 1.165) is 11.3 Å². The van der Waals surface area contributed by atoms with Gasteiger partial charge in [0.2, 0.25) is 0 Å². The first-order valence-corrected chi connectivity index (χ1v) is 11.9. The molecule has 1 unspecified atom stereocenters. The molecular formula is C22H26N6O4S. The second-order valence-corrected chi connectivity index (χ2v) is 10.3. The van der Waals surface area contributed by atoms with Gasteiger partial charge in [0.1, 0.15) is 16.5 Å². The Morgan fingerprint density at radius 2 is 2.09 bits per heavy atom. The van der Waals surface area contributed by atoms with Gasteiger partial charge in [-0.2, -0.15) is 5.10 Å². The molecule has 174 valence electrons. The average Bonchev–Trinajstić information content (AvgIpc) is 3.34. The lowest BCUT2D eigenvalue weighted by Crippen LogP contribution is -2.37. The summed E-state index contributed by atoms with van der Waals surface area (Å²) in [6.45, 7) is 6.59. The van der Waals surface area contributed by atoms with Crippen molar-refractivity contribution in [2.45, 2.75) is 30.9 Å². The van der Waals surface area contributed by atoms with Gasteiger partial charge in [-0.25, -0.2) is 18.0 Å². The van der Waals surface area contributed by atoms with E-state index in [0.29, 0.717) is 54.6 Å². The molecule has 3 aromatic rings. The van der Waals surface area contributed by atoms with Gasteiger partial charge in [-0.05, 0) is 37.6 Å². The number of amides is 1. The van der Waals surface area contributed by atoms with E-state index in [1.807, 2.05) is 12.1 Å². The van der Waals surface area contributed by atoms with E-state index in [4.69, 9.17) is 4.74 Å².